The van der Waals surface area contributed by atoms with Gasteiger partial charge in [0.1, 0.15) is 4.83 Å². The molecule has 2 unspecified atom stereocenters. The molecule has 1 aliphatic heterocycles. The summed E-state index contributed by atoms with van der Waals surface area (Å²) in [6.45, 7) is 3.94. The summed E-state index contributed by atoms with van der Waals surface area (Å²) in [5.41, 5.74) is 3.01. The highest BCUT2D eigenvalue weighted by Gasteiger charge is 2.42. The molecule has 1 aliphatic rings. The van der Waals surface area contributed by atoms with Crippen LogP contribution in [0.25, 0.3) is 0 Å². The molecule has 2 amide bonds. The number of halogens is 2. The smallest absolute Gasteiger partial charge is 0.241 e. The van der Waals surface area contributed by atoms with Crippen LogP contribution in [0.1, 0.15) is 22.6 Å². The van der Waals surface area contributed by atoms with Gasteiger partial charge in [-0.25, -0.2) is 0 Å². The molecule has 1 fully saturated rings. The average molecular weight is 361 g/mol. The molecule has 90 valence electrons. The van der Waals surface area contributed by atoms with E-state index in [2.05, 4.69) is 37.2 Å². The molecule has 1 aromatic rings. The van der Waals surface area contributed by atoms with Crippen molar-refractivity contribution in [1.82, 2.24) is 5.32 Å². The van der Waals surface area contributed by atoms with Crippen molar-refractivity contribution in [2.45, 2.75) is 24.6 Å². The Hall–Kier alpha value is -0.680. The summed E-state index contributed by atoms with van der Waals surface area (Å²) in [4.78, 5) is 22.8. The molecule has 2 atom stereocenters. The maximum Gasteiger partial charge on any atom is 0.241 e. The third-order valence-electron chi connectivity index (χ3n) is 2.86. The Morgan fingerprint density at radius 2 is 1.82 bits per heavy atom. The van der Waals surface area contributed by atoms with Crippen LogP contribution < -0.4 is 5.32 Å². The highest BCUT2D eigenvalue weighted by atomic mass is 79.9. The van der Waals surface area contributed by atoms with Crippen molar-refractivity contribution in [3.05, 3.63) is 33.3 Å². The Morgan fingerprint density at radius 1 is 1.18 bits per heavy atom. The summed E-state index contributed by atoms with van der Waals surface area (Å²) < 4.78 is 0.870. The summed E-state index contributed by atoms with van der Waals surface area (Å²) in [5.74, 6) is -0.978. The third kappa shape index (κ3) is 2.18. The molecule has 1 N–H and O–H groups in total. The zero-order valence-electron chi connectivity index (χ0n) is 9.38. The largest absolute Gasteiger partial charge is 0.295 e. The number of carbonyl (C=O) groups excluding carboxylic acids is 2. The minimum atomic E-state index is -0.493. The van der Waals surface area contributed by atoms with Crippen molar-refractivity contribution in [2.24, 2.45) is 0 Å². The minimum absolute atomic E-state index is 0.246. The van der Waals surface area contributed by atoms with Crippen molar-refractivity contribution >= 4 is 43.7 Å². The van der Waals surface area contributed by atoms with E-state index in [1.807, 2.05) is 26.0 Å². The number of hydrogen-bond acceptors (Lipinski definition) is 2. The van der Waals surface area contributed by atoms with Gasteiger partial charge in [-0.15, -0.1) is 0 Å². The maximum atomic E-state index is 11.8. The van der Waals surface area contributed by atoms with Gasteiger partial charge in [0.05, 0.1) is 5.92 Å². The fourth-order valence-corrected chi connectivity index (χ4v) is 3.69. The first-order valence-electron chi connectivity index (χ1n) is 5.17. The van der Waals surface area contributed by atoms with E-state index < -0.39 is 10.7 Å². The second kappa shape index (κ2) is 4.53. The molecule has 5 heteroatoms. The van der Waals surface area contributed by atoms with Crippen molar-refractivity contribution < 1.29 is 9.59 Å². The molecule has 0 aromatic heterocycles. The first-order chi connectivity index (χ1) is 7.91. The summed E-state index contributed by atoms with van der Waals surface area (Å²) in [7, 11) is 0. The SMILES string of the molecule is Cc1cc(C)c(C2C(=O)NC(=O)C2Br)c(Br)c1. The molecule has 0 bridgehead atoms. The molecule has 1 heterocycles. The Bertz CT molecular complexity index is 490. The van der Waals surface area contributed by atoms with E-state index in [4.69, 9.17) is 0 Å². The van der Waals surface area contributed by atoms with Gasteiger partial charge in [0, 0.05) is 4.47 Å². The van der Waals surface area contributed by atoms with Crippen molar-refractivity contribution in [1.29, 1.82) is 0 Å². The van der Waals surface area contributed by atoms with Crippen LogP contribution in [0.15, 0.2) is 16.6 Å². The minimum Gasteiger partial charge on any atom is -0.295 e. The Morgan fingerprint density at radius 3 is 2.29 bits per heavy atom. The monoisotopic (exact) mass is 359 g/mol. The lowest BCUT2D eigenvalue weighted by Gasteiger charge is -2.16. The van der Waals surface area contributed by atoms with Gasteiger partial charge in [-0.1, -0.05) is 37.9 Å². The lowest BCUT2D eigenvalue weighted by molar-refractivity contribution is -0.125. The molecule has 0 aliphatic carbocycles. The number of rotatable bonds is 1. The summed E-state index contributed by atoms with van der Waals surface area (Å²) in [6, 6.07) is 3.97. The first-order valence-corrected chi connectivity index (χ1v) is 6.88. The topological polar surface area (TPSA) is 46.2 Å². The zero-order chi connectivity index (χ0) is 12.7. The Kier molecular flexibility index (Phi) is 3.41. The molecule has 0 spiro atoms. The van der Waals surface area contributed by atoms with Crippen LogP contribution in [0.4, 0.5) is 0 Å². The van der Waals surface area contributed by atoms with Crippen LogP contribution in [0, 0.1) is 13.8 Å². The van der Waals surface area contributed by atoms with E-state index in [-0.39, 0.29) is 11.8 Å². The molecule has 1 aromatic carbocycles. The molecule has 0 saturated carbocycles. The summed E-state index contributed by atoms with van der Waals surface area (Å²) in [5, 5.41) is 2.34. The van der Waals surface area contributed by atoms with E-state index in [0.717, 1.165) is 21.2 Å². The van der Waals surface area contributed by atoms with Gasteiger partial charge in [0.25, 0.3) is 0 Å². The van der Waals surface area contributed by atoms with Crippen LogP contribution in [0.5, 0.6) is 0 Å². The van der Waals surface area contributed by atoms with E-state index in [1.54, 1.807) is 0 Å². The second-order valence-electron chi connectivity index (χ2n) is 4.21. The van der Waals surface area contributed by atoms with Crippen LogP contribution in [-0.2, 0) is 9.59 Å². The van der Waals surface area contributed by atoms with E-state index >= 15 is 0 Å². The number of hydrogen-bond donors (Lipinski definition) is 1. The Labute approximate surface area is 116 Å². The predicted octanol–water partition coefficient (Wildman–Crippen LogP) is 2.57. The van der Waals surface area contributed by atoms with Gasteiger partial charge >= 0.3 is 0 Å². The van der Waals surface area contributed by atoms with Crippen molar-refractivity contribution in [3.63, 3.8) is 0 Å². The standard InChI is InChI=1S/C12H11Br2NO2/c1-5-3-6(2)8(7(13)4-5)9-10(14)12(17)15-11(9)16/h3-4,9-10H,1-2H3,(H,15,16,17). The summed E-state index contributed by atoms with van der Waals surface area (Å²) >= 11 is 6.75. The van der Waals surface area contributed by atoms with Gasteiger partial charge in [0.2, 0.25) is 11.8 Å². The van der Waals surface area contributed by atoms with Crippen molar-refractivity contribution in [3.8, 4) is 0 Å². The van der Waals surface area contributed by atoms with Gasteiger partial charge in [-0.3, -0.25) is 14.9 Å². The first kappa shape index (κ1) is 12.8. The lowest BCUT2D eigenvalue weighted by atomic mass is 9.92. The fourth-order valence-electron chi connectivity index (χ4n) is 2.15. The molecule has 2 rings (SSSR count). The third-order valence-corrected chi connectivity index (χ3v) is 4.46. The zero-order valence-corrected chi connectivity index (χ0v) is 12.6. The molecule has 0 radical (unpaired) electrons. The lowest BCUT2D eigenvalue weighted by Crippen LogP contribution is -2.22. The number of imide groups is 1. The fraction of sp³-hybridized carbons (Fsp3) is 0.333. The van der Waals surface area contributed by atoms with Gasteiger partial charge in [-0.2, -0.15) is 0 Å². The average Bonchev–Trinajstić information content (AvgIpc) is 2.43. The highest BCUT2D eigenvalue weighted by Crippen LogP contribution is 2.37. The molecule has 3 nitrogen and oxygen atoms in total. The predicted molar refractivity (Wildman–Crippen MR) is 72.2 cm³/mol. The number of benzene rings is 1. The number of amides is 2. The molecule has 17 heavy (non-hydrogen) atoms. The number of nitrogens with one attached hydrogen (secondary N) is 1. The van der Waals surface area contributed by atoms with Gasteiger partial charge < -0.3 is 0 Å². The van der Waals surface area contributed by atoms with Gasteiger partial charge in [0.15, 0.2) is 0 Å². The van der Waals surface area contributed by atoms with Crippen LogP contribution >= 0.6 is 31.9 Å². The van der Waals surface area contributed by atoms with Gasteiger partial charge in [-0.05, 0) is 36.6 Å². The van der Waals surface area contributed by atoms with E-state index in [0.29, 0.717) is 0 Å². The second-order valence-corrected chi connectivity index (χ2v) is 6.05. The van der Waals surface area contributed by atoms with Crippen LogP contribution in [-0.4, -0.2) is 16.6 Å². The number of alkyl halides is 1. The molecule has 1 saturated heterocycles. The molecular formula is C12H11Br2NO2. The van der Waals surface area contributed by atoms with E-state index in [1.165, 1.54) is 0 Å². The maximum absolute atomic E-state index is 11.8. The molecular weight excluding hydrogens is 350 g/mol. The quantitative estimate of drug-likeness (QED) is 0.618. The summed E-state index contributed by atoms with van der Waals surface area (Å²) in [6.07, 6.45) is 0. The Balaban J connectivity index is 2.54. The number of carbonyl (C=O) groups is 2. The van der Waals surface area contributed by atoms with E-state index in [9.17, 15) is 9.59 Å². The number of aryl methyl sites for hydroxylation is 2. The van der Waals surface area contributed by atoms with Crippen LogP contribution in [0.3, 0.4) is 0 Å². The van der Waals surface area contributed by atoms with Crippen LogP contribution in [0.2, 0.25) is 0 Å². The van der Waals surface area contributed by atoms with Crippen molar-refractivity contribution in [2.75, 3.05) is 0 Å². The normalized spacial score (nSPS) is 24.0. The highest BCUT2D eigenvalue weighted by molar-refractivity contribution is 9.10.